The van der Waals surface area contributed by atoms with E-state index in [1.807, 2.05) is 13.8 Å². The van der Waals surface area contributed by atoms with E-state index in [1.165, 1.54) is 18.2 Å². The molecule has 0 bridgehead atoms. The molecule has 0 aliphatic rings. The first-order chi connectivity index (χ1) is 8.40. The number of carbonyl (C=O) groups excluding carboxylic acids is 1. The molecule has 1 aromatic carbocycles. The molecule has 1 amide bonds. The van der Waals surface area contributed by atoms with Crippen molar-refractivity contribution in [1.82, 2.24) is 0 Å². The number of carboxylic acid groups (broad SMARTS) is 1. The van der Waals surface area contributed by atoms with Gasteiger partial charge in [-0.25, -0.2) is 9.59 Å². The van der Waals surface area contributed by atoms with Crippen LogP contribution in [0.5, 0.6) is 0 Å². The van der Waals surface area contributed by atoms with Crippen molar-refractivity contribution in [2.75, 3.05) is 11.9 Å². The molecule has 1 rings (SSSR count). The highest BCUT2D eigenvalue weighted by molar-refractivity contribution is 6.31. The first kappa shape index (κ1) is 14.3. The lowest BCUT2D eigenvalue weighted by Gasteiger charge is -2.10. The average Bonchev–Trinajstić information content (AvgIpc) is 2.28. The predicted octanol–water partition coefficient (Wildman–Crippen LogP) is 3.24. The highest BCUT2D eigenvalue weighted by Crippen LogP contribution is 2.20. The molecule has 18 heavy (non-hydrogen) atoms. The van der Waals surface area contributed by atoms with Crippen LogP contribution in [-0.2, 0) is 4.74 Å². The summed E-state index contributed by atoms with van der Waals surface area (Å²) in [6.45, 7) is 4.07. The van der Waals surface area contributed by atoms with E-state index >= 15 is 0 Å². The third-order valence-corrected chi connectivity index (χ3v) is 2.23. The van der Waals surface area contributed by atoms with Gasteiger partial charge in [0.2, 0.25) is 0 Å². The Morgan fingerprint density at radius 1 is 1.44 bits per heavy atom. The van der Waals surface area contributed by atoms with Gasteiger partial charge in [-0.1, -0.05) is 25.4 Å². The largest absolute Gasteiger partial charge is 0.478 e. The monoisotopic (exact) mass is 271 g/mol. The molecule has 0 aromatic heterocycles. The van der Waals surface area contributed by atoms with E-state index in [0.717, 1.165) is 0 Å². The molecule has 5 nitrogen and oxygen atoms in total. The summed E-state index contributed by atoms with van der Waals surface area (Å²) in [4.78, 5) is 22.4. The Morgan fingerprint density at radius 2 is 2.11 bits per heavy atom. The third-order valence-electron chi connectivity index (χ3n) is 2.00. The van der Waals surface area contributed by atoms with E-state index in [9.17, 15) is 9.59 Å². The molecule has 0 spiro atoms. The van der Waals surface area contributed by atoms with Crippen LogP contribution in [-0.4, -0.2) is 23.8 Å². The van der Waals surface area contributed by atoms with Gasteiger partial charge in [-0.05, 0) is 24.1 Å². The highest BCUT2D eigenvalue weighted by Gasteiger charge is 2.13. The number of nitrogens with one attached hydrogen (secondary N) is 1. The molecule has 0 unspecified atom stereocenters. The van der Waals surface area contributed by atoms with Gasteiger partial charge in [-0.15, -0.1) is 0 Å². The summed E-state index contributed by atoms with van der Waals surface area (Å²) in [6, 6.07) is 4.18. The van der Waals surface area contributed by atoms with Crippen LogP contribution >= 0.6 is 11.6 Å². The molecule has 0 atom stereocenters. The summed E-state index contributed by atoms with van der Waals surface area (Å²) in [7, 11) is 0. The van der Waals surface area contributed by atoms with Gasteiger partial charge in [0.25, 0.3) is 0 Å². The first-order valence-electron chi connectivity index (χ1n) is 5.36. The van der Waals surface area contributed by atoms with E-state index in [0.29, 0.717) is 0 Å². The van der Waals surface area contributed by atoms with Crippen LogP contribution in [0.4, 0.5) is 10.5 Å². The summed E-state index contributed by atoms with van der Waals surface area (Å²) >= 11 is 5.69. The van der Waals surface area contributed by atoms with Crippen LogP contribution in [0, 0.1) is 5.92 Å². The number of amides is 1. The van der Waals surface area contributed by atoms with E-state index in [2.05, 4.69) is 5.32 Å². The molecule has 1 aromatic rings. The summed E-state index contributed by atoms with van der Waals surface area (Å²) in [5.41, 5.74) is 0.0738. The molecule has 0 aliphatic carbocycles. The van der Waals surface area contributed by atoms with Crippen LogP contribution in [0.1, 0.15) is 24.2 Å². The van der Waals surface area contributed by atoms with Crippen molar-refractivity contribution < 1.29 is 19.4 Å². The normalized spacial score (nSPS) is 10.2. The van der Waals surface area contributed by atoms with E-state index in [-0.39, 0.29) is 28.8 Å². The van der Waals surface area contributed by atoms with Crippen LogP contribution in [0.3, 0.4) is 0 Å². The zero-order chi connectivity index (χ0) is 13.7. The average molecular weight is 272 g/mol. The van der Waals surface area contributed by atoms with E-state index in [1.54, 1.807) is 0 Å². The van der Waals surface area contributed by atoms with Gasteiger partial charge in [-0.2, -0.15) is 0 Å². The van der Waals surface area contributed by atoms with Crippen molar-refractivity contribution in [2.24, 2.45) is 5.92 Å². The van der Waals surface area contributed by atoms with Gasteiger partial charge in [0.05, 0.1) is 17.9 Å². The minimum atomic E-state index is -1.17. The van der Waals surface area contributed by atoms with Crippen molar-refractivity contribution in [1.29, 1.82) is 0 Å². The number of halogens is 1. The van der Waals surface area contributed by atoms with Crippen molar-refractivity contribution in [3.8, 4) is 0 Å². The lowest BCUT2D eigenvalue weighted by Crippen LogP contribution is -2.18. The number of benzene rings is 1. The van der Waals surface area contributed by atoms with Crippen molar-refractivity contribution >= 4 is 29.4 Å². The maximum absolute atomic E-state index is 11.4. The molecule has 6 heteroatoms. The highest BCUT2D eigenvalue weighted by atomic mass is 35.5. The van der Waals surface area contributed by atoms with Crippen LogP contribution < -0.4 is 5.32 Å². The molecule has 0 fully saturated rings. The second-order valence-corrected chi connectivity index (χ2v) is 4.55. The summed E-state index contributed by atoms with van der Waals surface area (Å²) < 4.78 is 4.90. The van der Waals surface area contributed by atoms with Crippen LogP contribution in [0.2, 0.25) is 5.02 Å². The first-order valence-corrected chi connectivity index (χ1v) is 5.74. The topological polar surface area (TPSA) is 75.6 Å². The van der Waals surface area contributed by atoms with Crippen molar-refractivity contribution in [2.45, 2.75) is 13.8 Å². The number of carboxylic acids is 1. The number of aromatic carboxylic acids is 1. The van der Waals surface area contributed by atoms with Gasteiger partial charge in [0, 0.05) is 5.02 Å². The maximum Gasteiger partial charge on any atom is 0.411 e. The SMILES string of the molecule is CC(C)COC(=O)Nc1ccc(Cl)cc1C(=O)O. The second kappa shape index (κ2) is 6.26. The van der Waals surface area contributed by atoms with E-state index in [4.69, 9.17) is 21.4 Å². The standard InChI is InChI=1S/C12H14ClNO4/c1-7(2)6-18-12(17)14-10-4-3-8(13)5-9(10)11(15)16/h3-5,7H,6H2,1-2H3,(H,14,17)(H,15,16). The molecule has 0 aliphatic heterocycles. The van der Waals surface area contributed by atoms with E-state index < -0.39 is 12.1 Å². The molecular formula is C12H14ClNO4. The summed E-state index contributed by atoms with van der Waals surface area (Å²) in [5.74, 6) is -0.962. The number of hydrogen-bond acceptors (Lipinski definition) is 3. The number of hydrogen-bond donors (Lipinski definition) is 2. The maximum atomic E-state index is 11.4. The van der Waals surface area contributed by atoms with Crippen LogP contribution in [0.25, 0.3) is 0 Å². The quantitative estimate of drug-likeness (QED) is 0.881. The number of carbonyl (C=O) groups is 2. The van der Waals surface area contributed by atoms with Gasteiger partial charge in [0.15, 0.2) is 0 Å². The minimum Gasteiger partial charge on any atom is -0.478 e. The molecule has 0 heterocycles. The van der Waals surface area contributed by atoms with Gasteiger partial charge in [-0.3, -0.25) is 5.32 Å². The van der Waals surface area contributed by atoms with Crippen molar-refractivity contribution in [3.05, 3.63) is 28.8 Å². The smallest absolute Gasteiger partial charge is 0.411 e. The Balaban J connectivity index is 2.78. The fourth-order valence-corrected chi connectivity index (χ4v) is 1.36. The van der Waals surface area contributed by atoms with Gasteiger partial charge in [0.1, 0.15) is 0 Å². The Kier molecular flexibility index (Phi) is 4.97. The fourth-order valence-electron chi connectivity index (χ4n) is 1.19. The van der Waals surface area contributed by atoms with Crippen LogP contribution in [0.15, 0.2) is 18.2 Å². The molecule has 2 N–H and O–H groups in total. The second-order valence-electron chi connectivity index (χ2n) is 4.11. The molecule has 0 saturated heterocycles. The molecular weight excluding hydrogens is 258 g/mol. The number of anilines is 1. The Labute approximate surface area is 110 Å². The molecule has 0 saturated carbocycles. The minimum absolute atomic E-state index is 0.0796. The molecule has 98 valence electrons. The summed E-state index contributed by atoms with van der Waals surface area (Å²) in [6.07, 6.45) is -0.687. The third kappa shape index (κ3) is 4.25. The predicted molar refractivity (Wildman–Crippen MR) is 68.2 cm³/mol. The Morgan fingerprint density at radius 3 is 2.67 bits per heavy atom. The number of rotatable bonds is 4. The lowest BCUT2D eigenvalue weighted by atomic mass is 10.2. The fraction of sp³-hybridized carbons (Fsp3) is 0.333. The van der Waals surface area contributed by atoms with Gasteiger partial charge >= 0.3 is 12.1 Å². The Bertz CT molecular complexity index is 459. The lowest BCUT2D eigenvalue weighted by molar-refractivity contribution is 0.0698. The van der Waals surface area contributed by atoms with Gasteiger partial charge < -0.3 is 9.84 Å². The molecule has 0 radical (unpaired) electrons. The van der Waals surface area contributed by atoms with Crippen molar-refractivity contribution in [3.63, 3.8) is 0 Å². The zero-order valence-corrected chi connectivity index (χ0v) is 10.8. The summed E-state index contributed by atoms with van der Waals surface area (Å²) in [5, 5.41) is 11.6. The zero-order valence-electron chi connectivity index (χ0n) is 10.1. The number of ether oxygens (including phenoxy) is 1. The Hall–Kier alpha value is -1.75.